The highest BCUT2D eigenvalue weighted by molar-refractivity contribution is 7.15. The minimum Gasteiger partial charge on any atom is -0.394 e. The van der Waals surface area contributed by atoms with Crippen LogP contribution in [-0.2, 0) is 6.42 Å². The van der Waals surface area contributed by atoms with Crippen molar-refractivity contribution in [2.45, 2.75) is 50.6 Å². The molecule has 2 aliphatic rings. The molecular formula is C21H23N3OS. The van der Waals surface area contributed by atoms with Crippen LogP contribution in [0.15, 0.2) is 36.5 Å². The molecule has 1 fully saturated rings. The van der Waals surface area contributed by atoms with Gasteiger partial charge in [-0.3, -0.25) is 0 Å². The summed E-state index contributed by atoms with van der Waals surface area (Å²) < 4.78 is 0. The van der Waals surface area contributed by atoms with Crippen molar-refractivity contribution >= 4 is 22.0 Å². The van der Waals surface area contributed by atoms with E-state index in [2.05, 4.69) is 48.3 Å². The van der Waals surface area contributed by atoms with Crippen LogP contribution < -0.4 is 4.90 Å². The number of hydrogen-bond acceptors (Lipinski definition) is 5. The average Bonchev–Trinajstić information content (AvgIpc) is 3.34. The quantitative estimate of drug-likeness (QED) is 0.865. The third-order valence-electron chi connectivity index (χ3n) is 5.55. The highest BCUT2D eigenvalue weighted by Gasteiger charge is 2.50. The van der Waals surface area contributed by atoms with Gasteiger partial charge in [-0.25, -0.2) is 4.98 Å². The molecule has 134 valence electrons. The first-order valence-corrected chi connectivity index (χ1v) is 10.1. The van der Waals surface area contributed by atoms with Gasteiger partial charge in [0.15, 0.2) is 5.13 Å². The molecule has 1 aliphatic carbocycles. The van der Waals surface area contributed by atoms with Crippen LogP contribution in [0.4, 0.5) is 5.13 Å². The van der Waals surface area contributed by atoms with Gasteiger partial charge in [0.05, 0.1) is 18.7 Å². The van der Waals surface area contributed by atoms with E-state index in [1.54, 1.807) is 11.3 Å². The zero-order chi connectivity index (χ0) is 18.1. The topological polar surface area (TPSA) is 60.1 Å². The summed E-state index contributed by atoms with van der Waals surface area (Å²) in [7, 11) is 0. The zero-order valence-electron chi connectivity index (χ0n) is 14.9. The number of benzene rings is 1. The van der Waals surface area contributed by atoms with Crippen molar-refractivity contribution in [3.05, 3.63) is 52.5 Å². The Hall–Kier alpha value is -2.16. The number of thiazole rings is 1. The van der Waals surface area contributed by atoms with Crippen LogP contribution in [0.5, 0.6) is 0 Å². The van der Waals surface area contributed by atoms with Gasteiger partial charge < -0.3 is 10.0 Å². The molecule has 0 spiro atoms. The SMILES string of the molecule is CCc1cnc(N2[C@H](CO)[C@@H](c3ccc(C4=CCCC4)cc3)[C@@H]2C#N)s1. The van der Waals surface area contributed by atoms with Crippen LogP contribution in [0.2, 0.25) is 0 Å². The number of aliphatic hydroxyl groups excluding tert-OH is 1. The van der Waals surface area contributed by atoms with Gasteiger partial charge in [0.25, 0.3) is 0 Å². The van der Waals surface area contributed by atoms with Crippen LogP contribution in [-0.4, -0.2) is 28.8 Å². The summed E-state index contributed by atoms with van der Waals surface area (Å²) in [5, 5.41) is 20.6. The average molecular weight is 366 g/mol. The van der Waals surface area contributed by atoms with E-state index in [4.69, 9.17) is 0 Å². The summed E-state index contributed by atoms with van der Waals surface area (Å²) in [6, 6.07) is 10.6. The van der Waals surface area contributed by atoms with Crippen molar-refractivity contribution in [1.29, 1.82) is 5.26 Å². The van der Waals surface area contributed by atoms with E-state index in [9.17, 15) is 10.4 Å². The fourth-order valence-corrected chi connectivity index (χ4v) is 5.05. The van der Waals surface area contributed by atoms with E-state index >= 15 is 0 Å². The van der Waals surface area contributed by atoms with Gasteiger partial charge >= 0.3 is 0 Å². The van der Waals surface area contributed by atoms with Crippen LogP contribution in [0.1, 0.15) is 48.1 Å². The normalized spacial score (nSPS) is 24.9. The predicted molar refractivity (Wildman–Crippen MR) is 105 cm³/mol. The Morgan fingerprint density at radius 2 is 2.15 bits per heavy atom. The number of nitrogens with zero attached hydrogens (tertiary/aromatic N) is 3. The Labute approximate surface area is 158 Å². The Bertz CT molecular complexity index is 849. The van der Waals surface area contributed by atoms with Gasteiger partial charge in [0, 0.05) is 17.0 Å². The molecular weight excluding hydrogens is 342 g/mol. The first-order valence-electron chi connectivity index (χ1n) is 9.29. The van der Waals surface area contributed by atoms with Crippen LogP contribution >= 0.6 is 11.3 Å². The lowest BCUT2D eigenvalue weighted by Crippen LogP contribution is -2.63. The standard InChI is InChI=1S/C21H23N3OS/c1-2-17-12-23-21(26-17)24-18(11-22)20(19(24)13-25)16-9-7-15(8-10-16)14-5-3-4-6-14/h5,7-10,12,18-20,25H,2-4,6,13H2,1H3/t18-,19+,20-/m0/s1. The summed E-state index contributed by atoms with van der Waals surface area (Å²) >= 11 is 1.62. The minimum absolute atomic E-state index is 0.0191. The maximum Gasteiger partial charge on any atom is 0.186 e. The van der Waals surface area contributed by atoms with Crippen LogP contribution in [0.3, 0.4) is 0 Å². The van der Waals surface area contributed by atoms with Crippen LogP contribution in [0, 0.1) is 11.3 Å². The van der Waals surface area contributed by atoms with Crippen molar-refractivity contribution in [2.75, 3.05) is 11.5 Å². The molecule has 2 heterocycles. The molecule has 1 aromatic heterocycles. The summed E-state index contributed by atoms with van der Waals surface area (Å²) in [6.45, 7) is 2.12. The van der Waals surface area contributed by atoms with Gasteiger partial charge in [0.1, 0.15) is 6.04 Å². The highest BCUT2D eigenvalue weighted by atomic mass is 32.1. The van der Waals surface area contributed by atoms with E-state index in [-0.39, 0.29) is 24.6 Å². The first kappa shape index (κ1) is 17.3. The van der Waals surface area contributed by atoms with E-state index in [1.165, 1.54) is 28.9 Å². The molecule has 1 aliphatic heterocycles. The maximum absolute atomic E-state index is 9.97. The number of rotatable bonds is 5. The molecule has 0 radical (unpaired) electrons. The van der Waals surface area contributed by atoms with Crippen molar-refractivity contribution < 1.29 is 5.11 Å². The highest BCUT2D eigenvalue weighted by Crippen LogP contribution is 2.45. The Kier molecular flexibility index (Phi) is 4.80. The largest absolute Gasteiger partial charge is 0.394 e. The lowest BCUT2D eigenvalue weighted by atomic mass is 9.76. The molecule has 0 bridgehead atoms. The third kappa shape index (κ3) is 2.84. The second kappa shape index (κ2) is 7.22. The lowest BCUT2D eigenvalue weighted by molar-refractivity contribution is 0.187. The Morgan fingerprint density at radius 3 is 2.73 bits per heavy atom. The molecule has 0 unspecified atom stereocenters. The maximum atomic E-state index is 9.97. The molecule has 26 heavy (non-hydrogen) atoms. The van der Waals surface area contributed by atoms with Crippen LogP contribution in [0.25, 0.3) is 5.57 Å². The van der Waals surface area contributed by atoms with E-state index in [0.717, 1.165) is 23.5 Å². The molecule has 1 aromatic carbocycles. The second-order valence-corrected chi connectivity index (χ2v) is 8.06. The number of nitriles is 1. The summed E-state index contributed by atoms with van der Waals surface area (Å²) in [5.74, 6) is 0.0191. The lowest BCUT2D eigenvalue weighted by Gasteiger charge is -2.51. The van der Waals surface area contributed by atoms with Gasteiger partial charge in [-0.15, -0.1) is 11.3 Å². The number of anilines is 1. The van der Waals surface area contributed by atoms with E-state index in [0.29, 0.717) is 0 Å². The summed E-state index contributed by atoms with van der Waals surface area (Å²) in [4.78, 5) is 7.66. The smallest absolute Gasteiger partial charge is 0.186 e. The predicted octanol–water partition coefficient (Wildman–Crippen LogP) is 4.13. The summed E-state index contributed by atoms with van der Waals surface area (Å²) in [5.41, 5.74) is 3.84. The number of aromatic nitrogens is 1. The summed E-state index contributed by atoms with van der Waals surface area (Å²) in [6.07, 6.45) is 8.70. The molecule has 2 aromatic rings. The van der Waals surface area contributed by atoms with Gasteiger partial charge in [-0.2, -0.15) is 5.26 Å². The molecule has 3 atom stereocenters. The van der Waals surface area contributed by atoms with Crippen molar-refractivity contribution in [1.82, 2.24) is 4.98 Å². The number of allylic oxidation sites excluding steroid dienone is 2. The fourth-order valence-electron chi connectivity index (χ4n) is 4.10. The third-order valence-corrected chi connectivity index (χ3v) is 6.70. The van der Waals surface area contributed by atoms with Crippen molar-refractivity contribution in [2.24, 2.45) is 0 Å². The van der Waals surface area contributed by atoms with Gasteiger partial charge in [-0.1, -0.05) is 37.3 Å². The van der Waals surface area contributed by atoms with E-state index < -0.39 is 0 Å². The fraction of sp³-hybridized carbons (Fsp3) is 0.429. The number of hydrogen-bond donors (Lipinski definition) is 1. The molecule has 0 amide bonds. The van der Waals surface area contributed by atoms with E-state index in [1.807, 2.05) is 11.1 Å². The Balaban J connectivity index is 1.59. The van der Waals surface area contributed by atoms with Crippen molar-refractivity contribution in [3.8, 4) is 6.07 Å². The Morgan fingerprint density at radius 1 is 1.35 bits per heavy atom. The molecule has 1 saturated heterocycles. The molecule has 0 saturated carbocycles. The molecule has 4 nitrogen and oxygen atoms in total. The molecule has 5 heteroatoms. The number of aryl methyl sites for hydroxylation is 1. The minimum atomic E-state index is -0.278. The van der Waals surface area contributed by atoms with Gasteiger partial charge in [-0.05, 0) is 42.4 Å². The molecule has 1 N–H and O–H groups in total. The van der Waals surface area contributed by atoms with Crippen molar-refractivity contribution in [3.63, 3.8) is 0 Å². The van der Waals surface area contributed by atoms with Gasteiger partial charge in [0.2, 0.25) is 0 Å². The molecule has 4 rings (SSSR count). The first-order chi connectivity index (χ1) is 12.8. The number of aliphatic hydroxyl groups is 1. The monoisotopic (exact) mass is 365 g/mol. The second-order valence-electron chi connectivity index (χ2n) is 6.96. The zero-order valence-corrected chi connectivity index (χ0v) is 15.7.